The van der Waals surface area contributed by atoms with Crippen molar-refractivity contribution >= 4 is 18.1 Å². The largest absolute Gasteiger partial charge is 0.497 e. The molecule has 0 bridgehead atoms. The molecule has 1 amide bonds. The number of nitrogens with zero attached hydrogens (tertiary/aromatic N) is 2. The maximum absolute atomic E-state index is 12.1. The van der Waals surface area contributed by atoms with Crippen molar-refractivity contribution in [2.45, 2.75) is 25.7 Å². The van der Waals surface area contributed by atoms with Crippen molar-refractivity contribution in [1.29, 1.82) is 0 Å². The quantitative estimate of drug-likeness (QED) is 0.848. The number of rotatable bonds is 6. The van der Waals surface area contributed by atoms with Crippen molar-refractivity contribution in [2.75, 3.05) is 20.8 Å². The summed E-state index contributed by atoms with van der Waals surface area (Å²) in [4.78, 5) is 20.7. The molecule has 7 nitrogen and oxygen atoms in total. The van der Waals surface area contributed by atoms with Crippen LogP contribution in [0.5, 0.6) is 11.5 Å². The maximum Gasteiger partial charge on any atom is 0.227 e. The second-order valence-electron chi connectivity index (χ2n) is 6.22. The molecule has 0 radical (unpaired) electrons. The van der Waals surface area contributed by atoms with E-state index >= 15 is 0 Å². The second kappa shape index (κ2) is 8.53. The van der Waals surface area contributed by atoms with Crippen LogP contribution in [0.4, 0.5) is 0 Å². The van der Waals surface area contributed by atoms with Gasteiger partial charge in [0, 0.05) is 36.6 Å². The third-order valence-corrected chi connectivity index (χ3v) is 4.30. The standard InChI is InChI=1S/C20H23N3O4/c1-13-4-5-15(27-13)7-9-19(24)23-20-21-11-14(12-22-20)17-8-6-16(25-2)10-18(17)26-3/h4-6,8,10-11,14H,7,9,12H2,1-3H3,(H,22,23,24). The van der Waals surface area contributed by atoms with Gasteiger partial charge in [-0.25, -0.2) is 9.98 Å². The van der Waals surface area contributed by atoms with Crippen LogP contribution >= 0.6 is 0 Å². The molecular weight excluding hydrogens is 346 g/mol. The number of aryl methyl sites for hydroxylation is 2. The first-order valence-electron chi connectivity index (χ1n) is 8.74. The number of guanidine groups is 1. The first-order valence-corrected chi connectivity index (χ1v) is 8.74. The van der Waals surface area contributed by atoms with Gasteiger partial charge in [0.1, 0.15) is 23.0 Å². The van der Waals surface area contributed by atoms with Crippen LogP contribution in [0, 0.1) is 6.92 Å². The number of amides is 1. The van der Waals surface area contributed by atoms with Crippen molar-refractivity contribution in [3.63, 3.8) is 0 Å². The molecule has 0 fully saturated rings. The lowest BCUT2D eigenvalue weighted by Gasteiger charge is -2.18. The fourth-order valence-corrected chi connectivity index (χ4v) is 2.85. The molecule has 2 aromatic rings. The Bertz CT molecular complexity index is 870. The van der Waals surface area contributed by atoms with E-state index in [2.05, 4.69) is 15.3 Å². The number of benzene rings is 1. The van der Waals surface area contributed by atoms with E-state index in [1.807, 2.05) is 37.3 Å². The van der Waals surface area contributed by atoms with Crippen molar-refractivity contribution in [1.82, 2.24) is 5.32 Å². The summed E-state index contributed by atoms with van der Waals surface area (Å²) in [7, 11) is 3.23. The lowest BCUT2D eigenvalue weighted by molar-refractivity contribution is -0.119. The lowest BCUT2D eigenvalue weighted by atomic mass is 9.98. The summed E-state index contributed by atoms with van der Waals surface area (Å²) < 4.78 is 16.1. The zero-order valence-electron chi connectivity index (χ0n) is 15.7. The molecule has 0 aliphatic carbocycles. The molecule has 0 saturated carbocycles. The summed E-state index contributed by atoms with van der Waals surface area (Å²) in [5, 5.41) is 2.74. The van der Waals surface area contributed by atoms with Crippen molar-refractivity contribution in [3.05, 3.63) is 47.4 Å². The van der Waals surface area contributed by atoms with Gasteiger partial charge in [0.05, 0.1) is 20.8 Å². The first-order chi connectivity index (χ1) is 13.1. The van der Waals surface area contributed by atoms with Crippen LogP contribution in [0.3, 0.4) is 0 Å². The molecule has 27 heavy (non-hydrogen) atoms. The van der Waals surface area contributed by atoms with Crippen LogP contribution in [-0.4, -0.2) is 38.8 Å². The number of furan rings is 1. The van der Waals surface area contributed by atoms with Crippen LogP contribution in [0.15, 0.2) is 44.7 Å². The fraction of sp³-hybridized carbons (Fsp3) is 0.350. The molecule has 2 heterocycles. The van der Waals surface area contributed by atoms with Crippen LogP contribution in [0.2, 0.25) is 0 Å². The van der Waals surface area contributed by atoms with E-state index in [-0.39, 0.29) is 11.8 Å². The van der Waals surface area contributed by atoms with E-state index in [0.29, 0.717) is 25.3 Å². The topological polar surface area (TPSA) is 85.4 Å². The van der Waals surface area contributed by atoms with Gasteiger partial charge < -0.3 is 13.9 Å². The first kappa shape index (κ1) is 18.7. The summed E-state index contributed by atoms with van der Waals surface area (Å²) in [6, 6.07) is 9.42. The normalized spacial score (nSPS) is 16.0. The minimum absolute atomic E-state index is 0.0161. The predicted octanol–water partition coefficient (Wildman–Crippen LogP) is 2.88. The van der Waals surface area contributed by atoms with E-state index in [1.54, 1.807) is 20.4 Å². The van der Waals surface area contributed by atoms with Gasteiger partial charge in [-0.1, -0.05) is 6.07 Å². The van der Waals surface area contributed by atoms with E-state index in [0.717, 1.165) is 28.6 Å². The van der Waals surface area contributed by atoms with E-state index in [9.17, 15) is 4.79 Å². The molecule has 1 N–H and O–H groups in total. The molecule has 7 heteroatoms. The molecule has 1 unspecified atom stereocenters. The third kappa shape index (κ3) is 4.75. The van der Waals surface area contributed by atoms with Gasteiger partial charge in [-0.3, -0.25) is 10.1 Å². The van der Waals surface area contributed by atoms with Gasteiger partial charge in [-0.15, -0.1) is 0 Å². The third-order valence-electron chi connectivity index (χ3n) is 4.30. The summed E-state index contributed by atoms with van der Waals surface area (Å²) in [5.74, 6) is 3.27. The number of nitrogens with one attached hydrogen (secondary N) is 1. The molecule has 1 aliphatic rings. The van der Waals surface area contributed by atoms with Crippen LogP contribution < -0.4 is 14.8 Å². The highest BCUT2D eigenvalue weighted by Gasteiger charge is 2.19. The number of hydrogen-bond acceptors (Lipinski definition) is 6. The Morgan fingerprint density at radius 3 is 2.74 bits per heavy atom. The Balaban J connectivity index is 1.55. The summed E-state index contributed by atoms with van der Waals surface area (Å²) in [5.41, 5.74) is 0.976. The number of ether oxygens (including phenoxy) is 2. The highest BCUT2D eigenvalue weighted by atomic mass is 16.5. The minimum Gasteiger partial charge on any atom is -0.497 e. The SMILES string of the molecule is COc1ccc(C2C=NC(NC(=O)CCc3ccc(C)o3)=NC2)c(OC)c1. The second-order valence-corrected chi connectivity index (χ2v) is 6.22. The molecule has 3 rings (SSSR count). The summed E-state index contributed by atoms with van der Waals surface area (Å²) >= 11 is 0. The van der Waals surface area contributed by atoms with Gasteiger partial charge >= 0.3 is 0 Å². The van der Waals surface area contributed by atoms with Gasteiger partial charge in [0.15, 0.2) is 0 Å². The number of hydrogen-bond donors (Lipinski definition) is 1. The molecule has 142 valence electrons. The Hall–Kier alpha value is -3.09. The van der Waals surface area contributed by atoms with Gasteiger partial charge in [-0.05, 0) is 25.1 Å². The molecule has 1 aromatic carbocycles. The number of carbonyl (C=O) groups is 1. The Morgan fingerprint density at radius 1 is 1.26 bits per heavy atom. The Labute approximate surface area is 158 Å². The van der Waals surface area contributed by atoms with Crippen LogP contribution in [0.25, 0.3) is 0 Å². The molecule has 1 aliphatic heterocycles. The van der Waals surface area contributed by atoms with E-state index in [4.69, 9.17) is 13.9 Å². The predicted molar refractivity (Wildman–Crippen MR) is 103 cm³/mol. The zero-order valence-corrected chi connectivity index (χ0v) is 15.7. The van der Waals surface area contributed by atoms with Crippen molar-refractivity contribution < 1.29 is 18.7 Å². The van der Waals surface area contributed by atoms with Crippen LogP contribution in [0.1, 0.15) is 29.4 Å². The van der Waals surface area contributed by atoms with Crippen molar-refractivity contribution in [3.8, 4) is 11.5 Å². The van der Waals surface area contributed by atoms with Gasteiger partial charge in [-0.2, -0.15) is 0 Å². The smallest absolute Gasteiger partial charge is 0.227 e. The van der Waals surface area contributed by atoms with Gasteiger partial charge in [0.25, 0.3) is 0 Å². The Morgan fingerprint density at radius 2 is 2.11 bits per heavy atom. The zero-order chi connectivity index (χ0) is 19.2. The fourth-order valence-electron chi connectivity index (χ4n) is 2.85. The van der Waals surface area contributed by atoms with E-state index < -0.39 is 0 Å². The minimum atomic E-state index is -0.138. The monoisotopic (exact) mass is 369 g/mol. The summed E-state index contributed by atoms with van der Waals surface area (Å²) in [6.07, 6.45) is 2.64. The lowest BCUT2D eigenvalue weighted by Crippen LogP contribution is -2.32. The Kier molecular flexibility index (Phi) is 5.90. The molecule has 0 saturated heterocycles. The van der Waals surface area contributed by atoms with E-state index in [1.165, 1.54) is 0 Å². The number of aliphatic imine (C=N–C) groups is 2. The molecule has 0 spiro atoms. The summed E-state index contributed by atoms with van der Waals surface area (Å²) in [6.45, 7) is 2.36. The molecular formula is C20H23N3O4. The van der Waals surface area contributed by atoms with Crippen molar-refractivity contribution in [2.24, 2.45) is 9.98 Å². The highest BCUT2D eigenvalue weighted by molar-refractivity contribution is 6.01. The molecule has 1 aromatic heterocycles. The van der Waals surface area contributed by atoms with Crippen LogP contribution in [-0.2, 0) is 11.2 Å². The average molecular weight is 369 g/mol. The number of carbonyl (C=O) groups excluding carboxylic acids is 1. The number of methoxy groups -OCH3 is 2. The highest BCUT2D eigenvalue weighted by Crippen LogP contribution is 2.30. The average Bonchev–Trinajstić information content (AvgIpc) is 3.12. The van der Waals surface area contributed by atoms with Gasteiger partial charge in [0.2, 0.25) is 11.9 Å². The maximum atomic E-state index is 12.1. The molecule has 1 atom stereocenters.